The van der Waals surface area contributed by atoms with Gasteiger partial charge in [-0.3, -0.25) is 0 Å². The molecule has 2 heteroatoms. The van der Waals surface area contributed by atoms with Crippen LogP contribution in [0.5, 0.6) is 0 Å². The Morgan fingerprint density at radius 2 is 2.11 bits per heavy atom. The van der Waals surface area contributed by atoms with Crippen LogP contribution in [0.1, 0.15) is 20.8 Å². The fraction of sp³-hybridized carbons (Fsp3) is 0.571. The van der Waals surface area contributed by atoms with Crippen molar-refractivity contribution in [2.24, 2.45) is 0 Å². The van der Waals surface area contributed by atoms with Crippen molar-refractivity contribution in [3.63, 3.8) is 0 Å². The molecular formula is C7H12O2. The van der Waals surface area contributed by atoms with E-state index in [1.54, 1.807) is 13.0 Å². The van der Waals surface area contributed by atoms with Crippen molar-refractivity contribution in [2.45, 2.75) is 26.9 Å². The maximum atomic E-state index is 10.5. The number of hydrogen-bond acceptors (Lipinski definition) is 2. The van der Waals surface area contributed by atoms with E-state index < -0.39 is 0 Å². The van der Waals surface area contributed by atoms with Crippen molar-refractivity contribution >= 4 is 5.97 Å². The van der Waals surface area contributed by atoms with Crippen LogP contribution in [-0.2, 0) is 9.53 Å². The Morgan fingerprint density at radius 3 is 2.44 bits per heavy atom. The van der Waals surface area contributed by atoms with Gasteiger partial charge in [0, 0.05) is 6.08 Å². The first-order chi connectivity index (χ1) is 4.16. The van der Waals surface area contributed by atoms with Crippen LogP contribution in [-0.4, -0.2) is 12.1 Å². The first-order valence-corrected chi connectivity index (χ1v) is 3.00. The Labute approximate surface area is 55.5 Å². The van der Waals surface area contributed by atoms with E-state index in [0.29, 0.717) is 0 Å². The quantitative estimate of drug-likeness (QED) is 0.416. The minimum Gasteiger partial charge on any atom is -0.460 e. The van der Waals surface area contributed by atoms with Crippen molar-refractivity contribution in [3.05, 3.63) is 12.2 Å². The van der Waals surface area contributed by atoms with Crippen LogP contribution >= 0.6 is 0 Å². The third kappa shape index (κ3) is 5.07. The summed E-state index contributed by atoms with van der Waals surface area (Å²) in [5, 5.41) is 0. The summed E-state index contributed by atoms with van der Waals surface area (Å²) in [6.07, 6.45) is 3.04. The van der Waals surface area contributed by atoms with Gasteiger partial charge < -0.3 is 4.74 Å². The average molecular weight is 128 g/mol. The zero-order chi connectivity index (χ0) is 7.28. The molecule has 0 heterocycles. The second-order valence-corrected chi connectivity index (χ2v) is 1.99. The fourth-order valence-corrected chi connectivity index (χ4v) is 0.408. The largest absolute Gasteiger partial charge is 0.460 e. The number of esters is 1. The summed E-state index contributed by atoms with van der Waals surface area (Å²) < 4.78 is 4.76. The highest BCUT2D eigenvalue weighted by Crippen LogP contribution is 1.89. The number of allylic oxidation sites excluding steroid dienone is 1. The second-order valence-electron chi connectivity index (χ2n) is 1.99. The lowest BCUT2D eigenvalue weighted by molar-refractivity contribution is -0.141. The van der Waals surface area contributed by atoms with Crippen molar-refractivity contribution < 1.29 is 9.53 Å². The van der Waals surface area contributed by atoms with Crippen LogP contribution in [0.2, 0.25) is 0 Å². The van der Waals surface area contributed by atoms with Gasteiger partial charge in [0.05, 0.1) is 6.10 Å². The summed E-state index contributed by atoms with van der Waals surface area (Å²) in [4.78, 5) is 10.5. The molecule has 0 saturated carbocycles. The molecule has 0 aliphatic rings. The Bertz CT molecular complexity index is 114. The van der Waals surface area contributed by atoms with E-state index >= 15 is 0 Å². The van der Waals surface area contributed by atoms with E-state index in [0.717, 1.165) is 0 Å². The van der Waals surface area contributed by atoms with Crippen LogP contribution in [0, 0.1) is 0 Å². The topological polar surface area (TPSA) is 26.3 Å². The Kier molecular flexibility index (Phi) is 3.76. The van der Waals surface area contributed by atoms with Crippen molar-refractivity contribution in [2.75, 3.05) is 0 Å². The number of carbonyl (C=O) groups excluding carboxylic acids is 1. The van der Waals surface area contributed by atoms with Gasteiger partial charge in [0.1, 0.15) is 0 Å². The predicted octanol–water partition coefficient (Wildman–Crippen LogP) is 1.51. The average Bonchev–Trinajstić information content (AvgIpc) is 1.63. The molecule has 2 nitrogen and oxygen atoms in total. The molecule has 0 aliphatic heterocycles. The van der Waals surface area contributed by atoms with Gasteiger partial charge in [-0.15, -0.1) is 0 Å². The van der Waals surface area contributed by atoms with Crippen LogP contribution in [0.3, 0.4) is 0 Å². The molecule has 0 aromatic carbocycles. The second kappa shape index (κ2) is 4.13. The number of carbonyl (C=O) groups is 1. The van der Waals surface area contributed by atoms with E-state index in [2.05, 4.69) is 0 Å². The lowest BCUT2D eigenvalue weighted by Crippen LogP contribution is -2.07. The van der Waals surface area contributed by atoms with Gasteiger partial charge in [-0.05, 0) is 20.8 Å². The van der Waals surface area contributed by atoms with Gasteiger partial charge in [0.15, 0.2) is 0 Å². The molecule has 0 atom stereocenters. The first-order valence-electron chi connectivity index (χ1n) is 3.00. The van der Waals surface area contributed by atoms with Gasteiger partial charge in [0.2, 0.25) is 0 Å². The monoisotopic (exact) mass is 128 g/mol. The lowest BCUT2D eigenvalue weighted by Gasteiger charge is -2.02. The van der Waals surface area contributed by atoms with Crippen LogP contribution in [0.25, 0.3) is 0 Å². The molecule has 0 unspecified atom stereocenters. The number of ether oxygens (including phenoxy) is 1. The molecule has 0 aliphatic carbocycles. The molecule has 52 valence electrons. The predicted molar refractivity (Wildman–Crippen MR) is 36.0 cm³/mol. The van der Waals surface area contributed by atoms with Gasteiger partial charge in [0.25, 0.3) is 0 Å². The molecule has 0 aromatic rings. The fourth-order valence-electron chi connectivity index (χ4n) is 0.408. The SMILES string of the molecule is C/C=C/C(=O)OC(C)C. The zero-order valence-corrected chi connectivity index (χ0v) is 6.05. The minimum absolute atomic E-state index is 0.0197. The van der Waals surface area contributed by atoms with E-state index in [1.807, 2.05) is 13.8 Å². The smallest absolute Gasteiger partial charge is 0.330 e. The standard InChI is InChI=1S/C7H12O2/c1-4-5-7(8)9-6(2)3/h4-6H,1-3H3/b5-4+. The molecular weight excluding hydrogens is 116 g/mol. The highest BCUT2D eigenvalue weighted by Gasteiger charge is 1.97. The van der Waals surface area contributed by atoms with Crippen molar-refractivity contribution in [1.29, 1.82) is 0 Å². The third-order valence-corrected chi connectivity index (χ3v) is 0.655. The van der Waals surface area contributed by atoms with Crippen LogP contribution in [0.4, 0.5) is 0 Å². The summed E-state index contributed by atoms with van der Waals surface area (Å²) in [7, 11) is 0. The Hall–Kier alpha value is -0.790. The lowest BCUT2D eigenvalue weighted by atomic mass is 10.4. The summed E-state index contributed by atoms with van der Waals surface area (Å²) in [6, 6.07) is 0. The zero-order valence-electron chi connectivity index (χ0n) is 6.05. The highest BCUT2D eigenvalue weighted by atomic mass is 16.5. The number of rotatable bonds is 2. The first kappa shape index (κ1) is 8.21. The van der Waals surface area contributed by atoms with Crippen LogP contribution in [0.15, 0.2) is 12.2 Å². The van der Waals surface area contributed by atoms with Gasteiger partial charge in [-0.1, -0.05) is 6.08 Å². The Balaban J connectivity index is 3.51. The van der Waals surface area contributed by atoms with Crippen molar-refractivity contribution in [1.82, 2.24) is 0 Å². The summed E-state index contributed by atoms with van der Waals surface area (Å²) in [6.45, 7) is 5.42. The summed E-state index contributed by atoms with van der Waals surface area (Å²) >= 11 is 0. The third-order valence-electron chi connectivity index (χ3n) is 0.655. The molecule has 0 rings (SSSR count). The minimum atomic E-state index is -0.271. The Morgan fingerprint density at radius 1 is 1.56 bits per heavy atom. The molecule has 0 N–H and O–H groups in total. The van der Waals surface area contributed by atoms with E-state index in [9.17, 15) is 4.79 Å². The van der Waals surface area contributed by atoms with Gasteiger partial charge in [-0.25, -0.2) is 4.79 Å². The highest BCUT2D eigenvalue weighted by molar-refractivity contribution is 5.81. The van der Waals surface area contributed by atoms with E-state index in [1.165, 1.54) is 6.08 Å². The molecule has 0 bridgehead atoms. The van der Waals surface area contributed by atoms with E-state index in [4.69, 9.17) is 4.74 Å². The molecule has 0 fully saturated rings. The van der Waals surface area contributed by atoms with Gasteiger partial charge >= 0.3 is 5.97 Å². The summed E-state index contributed by atoms with van der Waals surface area (Å²) in [5.74, 6) is -0.271. The van der Waals surface area contributed by atoms with E-state index in [-0.39, 0.29) is 12.1 Å². The molecule has 9 heavy (non-hydrogen) atoms. The molecule has 0 radical (unpaired) electrons. The maximum Gasteiger partial charge on any atom is 0.330 e. The maximum absolute atomic E-state index is 10.5. The van der Waals surface area contributed by atoms with Crippen LogP contribution < -0.4 is 0 Å². The van der Waals surface area contributed by atoms with Crippen molar-refractivity contribution in [3.8, 4) is 0 Å². The molecule has 0 aromatic heterocycles. The van der Waals surface area contributed by atoms with Gasteiger partial charge in [-0.2, -0.15) is 0 Å². The number of hydrogen-bond donors (Lipinski definition) is 0. The molecule has 0 spiro atoms. The summed E-state index contributed by atoms with van der Waals surface area (Å²) in [5.41, 5.74) is 0. The molecule has 0 saturated heterocycles. The normalized spacial score (nSPS) is 10.7. The molecule has 0 amide bonds.